The van der Waals surface area contributed by atoms with E-state index < -0.39 is 0 Å². The number of hydrogen-bond acceptors (Lipinski definition) is 3. The molecule has 1 unspecified atom stereocenters. The van der Waals surface area contributed by atoms with Crippen LogP contribution in [0.4, 0.5) is 5.69 Å². The molecule has 0 radical (unpaired) electrons. The minimum Gasteiger partial charge on any atom is -0.343 e. The number of rotatable bonds is 4. The number of carbonyl (C=O) groups excluding carboxylic acids is 2. The van der Waals surface area contributed by atoms with Crippen molar-refractivity contribution < 1.29 is 9.59 Å². The second-order valence-corrected chi connectivity index (χ2v) is 6.71. The Labute approximate surface area is 141 Å². The molecule has 0 aromatic heterocycles. The molecule has 2 amide bonds. The second kappa shape index (κ2) is 6.89. The van der Waals surface area contributed by atoms with Crippen molar-refractivity contribution in [3.63, 3.8) is 0 Å². The van der Waals surface area contributed by atoms with Gasteiger partial charge in [-0.1, -0.05) is 17.7 Å². The lowest BCUT2D eigenvalue weighted by molar-refractivity contribution is -0.132. The maximum absolute atomic E-state index is 12.4. The fraction of sp³-hybridized carbons (Fsp3) is 0.529. The van der Waals surface area contributed by atoms with Crippen LogP contribution in [0.3, 0.4) is 0 Å². The summed E-state index contributed by atoms with van der Waals surface area (Å²) in [6.45, 7) is 2.18. The highest BCUT2D eigenvalue weighted by molar-refractivity contribution is 6.31. The Balaban J connectivity index is 1.64. The lowest BCUT2D eigenvalue weighted by atomic mass is 9.80. The average molecular weight is 336 g/mol. The molecule has 0 bridgehead atoms. The van der Waals surface area contributed by atoms with Gasteiger partial charge in [0.15, 0.2) is 0 Å². The van der Waals surface area contributed by atoms with E-state index in [9.17, 15) is 9.59 Å². The SMILES string of the molecule is CNCCC(=O)N1CCC(C2C(=O)Nc3cc(Cl)ccc32)CC1. The third-order valence-corrected chi connectivity index (χ3v) is 5.08. The van der Waals surface area contributed by atoms with Gasteiger partial charge in [-0.2, -0.15) is 0 Å². The van der Waals surface area contributed by atoms with Gasteiger partial charge in [0, 0.05) is 36.8 Å². The number of nitrogens with one attached hydrogen (secondary N) is 2. The number of hydrogen-bond donors (Lipinski definition) is 2. The quantitative estimate of drug-likeness (QED) is 0.887. The van der Waals surface area contributed by atoms with Crippen LogP contribution in [0.2, 0.25) is 5.02 Å². The van der Waals surface area contributed by atoms with Gasteiger partial charge >= 0.3 is 0 Å². The highest BCUT2D eigenvalue weighted by Gasteiger charge is 2.38. The molecule has 2 aliphatic rings. The fourth-order valence-electron chi connectivity index (χ4n) is 3.60. The molecule has 2 N–H and O–H groups in total. The van der Waals surface area contributed by atoms with Crippen LogP contribution in [0.1, 0.15) is 30.7 Å². The third kappa shape index (κ3) is 3.35. The molecule has 5 nitrogen and oxygen atoms in total. The largest absolute Gasteiger partial charge is 0.343 e. The molecule has 0 spiro atoms. The van der Waals surface area contributed by atoms with E-state index in [1.807, 2.05) is 30.1 Å². The minimum absolute atomic E-state index is 0.0576. The minimum atomic E-state index is -0.114. The van der Waals surface area contributed by atoms with E-state index in [0.29, 0.717) is 18.0 Å². The van der Waals surface area contributed by atoms with Gasteiger partial charge in [0.25, 0.3) is 0 Å². The summed E-state index contributed by atoms with van der Waals surface area (Å²) in [5.41, 5.74) is 1.87. The maximum Gasteiger partial charge on any atom is 0.232 e. The Hall–Kier alpha value is -1.59. The summed E-state index contributed by atoms with van der Waals surface area (Å²) in [4.78, 5) is 26.4. The zero-order valence-corrected chi connectivity index (χ0v) is 14.0. The van der Waals surface area contributed by atoms with E-state index in [-0.39, 0.29) is 23.7 Å². The first-order valence-corrected chi connectivity index (χ1v) is 8.50. The van der Waals surface area contributed by atoms with Gasteiger partial charge in [-0.3, -0.25) is 9.59 Å². The first-order valence-electron chi connectivity index (χ1n) is 8.13. The van der Waals surface area contributed by atoms with E-state index >= 15 is 0 Å². The summed E-state index contributed by atoms with van der Waals surface area (Å²) in [7, 11) is 1.85. The van der Waals surface area contributed by atoms with Crippen LogP contribution in [-0.2, 0) is 9.59 Å². The number of carbonyl (C=O) groups is 2. The standard InChI is InChI=1S/C17H22ClN3O2/c1-19-7-4-15(22)21-8-5-11(6-9-21)16-13-3-2-12(18)10-14(13)20-17(16)23/h2-3,10-11,16,19H,4-9H2,1H3,(H,20,23). The van der Waals surface area contributed by atoms with E-state index in [4.69, 9.17) is 11.6 Å². The number of nitrogens with zero attached hydrogens (tertiary/aromatic N) is 1. The predicted octanol–water partition coefficient (Wildman–Crippen LogP) is 2.22. The van der Waals surface area contributed by atoms with Gasteiger partial charge in [-0.15, -0.1) is 0 Å². The zero-order chi connectivity index (χ0) is 16.4. The van der Waals surface area contributed by atoms with Crippen molar-refractivity contribution in [1.82, 2.24) is 10.2 Å². The number of benzene rings is 1. The Morgan fingerprint density at radius 3 is 2.83 bits per heavy atom. The van der Waals surface area contributed by atoms with Crippen LogP contribution in [0.5, 0.6) is 0 Å². The van der Waals surface area contributed by atoms with Crippen molar-refractivity contribution >= 4 is 29.1 Å². The smallest absolute Gasteiger partial charge is 0.232 e. The van der Waals surface area contributed by atoms with Crippen molar-refractivity contribution in [1.29, 1.82) is 0 Å². The van der Waals surface area contributed by atoms with E-state index in [1.165, 1.54) is 0 Å². The summed E-state index contributed by atoms with van der Waals surface area (Å²) in [6.07, 6.45) is 2.27. The van der Waals surface area contributed by atoms with Crippen molar-refractivity contribution in [2.45, 2.75) is 25.2 Å². The summed E-state index contributed by atoms with van der Waals surface area (Å²) >= 11 is 6.00. The molecule has 2 aliphatic heterocycles. The van der Waals surface area contributed by atoms with Crippen molar-refractivity contribution in [2.75, 3.05) is 32.0 Å². The molecule has 23 heavy (non-hydrogen) atoms. The lowest BCUT2D eigenvalue weighted by Crippen LogP contribution is -2.41. The van der Waals surface area contributed by atoms with Crippen LogP contribution in [0.25, 0.3) is 0 Å². The highest BCUT2D eigenvalue weighted by Crippen LogP contribution is 2.42. The van der Waals surface area contributed by atoms with E-state index in [0.717, 1.165) is 37.2 Å². The van der Waals surface area contributed by atoms with Crippen LogP contribution < -0.4 is 10.6 Å². The second-order valence-electron chi connectivity index (χ2n) is 6.27. The summed E-state index contributed by atoms with van der Waals surface area (Å²) in [6, 6.07) is 5.60. The first-order chi connectivity index (χ1) is 11.1. The summed E-state index contributed by atoms with van der Waals surface area (Å²) < 4.78 is 0. The Bertz CT molecular complexity index is 612. The van der Waals surface area contributed by atoms with Gasteiger partial charge in [0.1, 0.15) is 0 Å². The number of fused-ring (bicyclic) bond motifs is 1. The highest BCUT2D eigenvalue weighted by atomic mass is 35.5. The number of amides is 2. The molecule has 1 fully saturated rings. The van der Waals surface area contributed by atoms with Crippen LogP contribution in [0, 0.1) is 5.92 Å². The summed E-state index contributed by atoms with van der Waals surface area (Å²) in [5, 5.41) is 6.57. The van der Waals surface area contributed by atoms with Crippen molar-refractivity contribution in [2.24, 2.45) is 5.92 Å². The van der Waals surface area contributed by atoms with E-state index in [1.54, 1.807) is 0 Å². The molecule has 1 atom stereocenters. The zero-order valence-electron chi connectivity index (χ0n) is 13.3. The molecule has 1 saturated heterocycles. The molecule has 6 heteroatoms. The van der Waals surface area contributed by atoms with Crippen molar-refractivity contribution in [3.8, 4) is 0 Å². The number of likely N-dealkylation sites (tertiary alicyclic amines) is 1. The van der Waals surface area contributed by atoms with Crippen LogP contribution in [0.15, 0.2) is 18.2 Å². The molecule has 1 aromatic carbocycles. The molecule has 1 aromatic rings. The Morgan fingerprint density at radius 1 is 1.39 bits per heavy atom. The third-order valence-electron chi connectivity index (χ3n) is 4.84. The molecule has 124 valence electrons. The van der Waals surface area contributed by atoms with Gasteiger partial charge < -0.3 is 15.5 Å². The maximum atomic E-state index is 12.4. The van der Waals surface area contributed by atoms with Crippen LogP contribution >= 0.6 is 11.6 Å². The molecule has 2 heterocycles. The monoisotopic (exact) mass is 335 g/mol. The van der Waals surface area contributed by atoms with E-state index in [2.05, 4.69) is 10.6 Å². The Morgan fingerprint density at radius 2 is 2.13 bits per heavy atom. The topological polar surface area (TPSA) is 61.4 Å². The number of halogens is 1. The predicted molar refractivity (Wildman–Crippen MR) is 90.7 cm³/mol. The summed E-state index contributed by atoms with van der Waals surface area (Å²) in [5.74, 6) is 0.422. The first kappa shape index (κ1) is 16.3. The normalized spacial score (nSPS) is 21.2. The number of piperidine rings is 1. The Kier molecular flexibility index (Phi) is 4.87. The van der Waals surface area contributed by atoms with Gasteiger partial charge in [-0.25, -0.2) is 0 Å². The van der Waals surface area contributed by atoms with Crippen LogP contribution in [-0.4, -0.2) is 43.4 Å². The molecule has 0 aliphatic carbocycles. The molecular weight excluding hydrogens is 314 g/mol. The van der Waals surface area contributed by atoms with Gasteiger partial charge in [0.2, 0.25) is 11.8 Å². The molecule has 3 rings (SSSR count). The van der Waals surface area contributed by atoms with Gasteiger partial charge in [-0.05, 0) is 43.5 Å². The molecule has 0 saturated carbocycles. The van der Waals surface area contributed by atoms with Crippen molar-refractivity contribution in [3.05, 3.63) is 28.8 Å². The molecular formula is C17H22ClN3O2. The fourth-order valence-corrected chi connectivity index (χ4v) is 3.77. The number of anilines is 1. The lowest BCUT2D eigenvalue weighted by Gasteiger charge is -2.34. The average Bonchev–Trinajstić information content (AvgIpc) is 2.87. The van der Waals surface area contributed by atoms with Gasteiger partial charge in [0.05, 0.1) is 5.92 Å².